The average molecular weight is 218 g/mol. The Morgan fingerprint density at radius 2 is 1.38 bits per heavy atom. The lowest BCUT2D eigenvalue weighted by atomic mass is 10.5. The zero-order valence-electron chi connectivity index (χ0n) is 8.87. The van der Waals surface area contributed by atoms with Crippen LogP contribution < -0.4 is 0 Å². The molecule has 13 heavy (non-hydrogen) atoms. The molecule has 2 heteroatoms. The number of hydrogen-bond donors (Lipinski definition) is 0. The zero-order valence-corrected chi connectivity index (χ0v) is 10.5. The van der Waals surface area contributed by atoms with E-state index in [1.807, 2.05) is 0 Å². The third-order valence-corrected chi connectivity index (χ3v) is 10.2. The van der Waals surface area contributed by atoms with Gasteiger partial charge in [0.1, 0.15) is 12.3 Å². The maximum atomic E-state index is 6.82. The van der Waals surface area contributed by atoms with Crippen LogP contribution in [0.25, 0.3) is 0 Å². The largest absolute Gasteiger partial charge is 0.129 e. The van der Waals surface area contributed by atoms with Gasteiger partial charge in [0.05, 0.1) is 22.6 Å². The second kappa shape index (κ2) is 4.15. The molecule has 74 valence electrons. The third-order valence-electron chi connectivity index (χ3n) is 2.77. The van der Waals surface area contributed by atoms with E-state index in [1.165, 1.54) is 0 Å². The molecular formula is C11H19ClP+. The van der Waals surface area contributed by atoms with Gasteiger partial charge in [0.2, 0.25) is 0 Å². The first-order chi connectivity index (χ1) is 5.99. The van der Waals surface area contributed by atoms with E-state index < -0.39 is 6.62 Å². The molecule has 0 fully saturated rings. The molecule has 0 nitrogen and oxygen atoms in total. The van der Waals surface area contributed by atoms with E-state index in [4.69, 9.17) is 11.2 Å². The summed E-state index contributed by atoms with van der Waals surface area (Å²) >= 11 is 6.82. The summed E-state index contributed by atoms with van der Waals surface area (Å²) in [5.41, 5.74) is 1.72. The smallest absolute Gasteiger partial charge is 0.0622 e. The van der Waals surface area contributed by atoms with Crippen LogP contribution in [-0.2, 0) is 0 Å². The Hall–Kier alpha value is 0.200. The molecule has 0 radical (unpaired) electrons. The van der Waals surface area contributed by atoms with Crippen LogP contribution in [0, 0.1) is 0 Å². The fraction of sp³-hybridized carbons (Fsp3) is 0.636. The second-order valence-corrected chi connectivity index (χ2v) is 10.1. The van der Waals surface area contributed by atoms with Gasteiger partial charge in [-0.3, -0.25) is 0 Å². The number of halogens is 1. The van der Waals surface area contributed by atoms with E-state index in [9.17, 15) is 0 Å². The van der Waals surface area contributed by atoms with Crippen molar-refractivity contribution in [2.24, 2.45) is 0 Å². The summed E-state index contributed by atoms with van der Waals surface area (Å²) < 4.78 is 0. The molecule has 1 rings (SSSR count). The Morgan fingerprint density at radius 3 is 1.69 bits per heavy atom. The predicted molar refractivity (Wildman–Crippen MR) is 65.1 cm³/mol. The van der Waals surface area contributed by atoms with Crippen LogP contribution >= 0.6 is 17.9 Å². The average Bonchev–Trinajstić information content (AvgIpc) is 2.54. The number of allylic oxidation sites excluding steroid dienone is 4. The van der Waals surface area contributed by atoms with Crippen molar-refractivity contribution in [1.29, 1.82) is 0 Å². The maximum absolute atomic E-state index is 6.82. The van der Waals surface area contributed by atoms with Crippen molar-refractivity contribution >= 4 is 17.9 Å². The van der Waals surface area contributed by atoms with Gasteiger partial charge in [-0.2, -0.15) is 0 Å². The van der Waals surface area contributed by atoms with Crippen molar-refractivity contribution in [3.8, 4) is 0 Å². The van der Waals surface area contributed by atoms with Crippen LogP contribution in [-0.4, -0.2) is 17.0 Å². The number of rotatable bonds is 3. The second-order valence-electron chi connectivity index (χ2n) is 4.19. The lowest BCUT2D eigenvalue weighted by Gasteiger charge is -2.30. The van der Waals surface area contributed by atoms with Crippen molar-refractivity contribution in [2.75, 3.05) is 0 Å². The first kappa shape index (κ1) is 11.3. The Bertz CT molecular complexity index is 208. The minimum absolute atomic E-state index is 0.508. The fourth-order valence-electron chi connectivity index (χ4n) is 1.97. The molecule has 1 aliphatic carbocycles. The topological polar surface area (TPSA) is 0 Å². The van der Waals surface area contributed by atoms with Crippen LogP contribution in [0.3, 0.4) is 0 Å². The molecule has 0 N–H and O–H groups in total. The molecule has 0 aromatic rings. The Balaban J connectivity index is 2.90. The fourth-order valence-corrected chi connectivity index (χ4v) is 5.66. The highest BCUT2D eigenvalue weighted by molar-refractivity contribution is 8.00. The van der Waals surface area contributed by atoms with E-state index in [0.29, 0.717) is 17.0 Å². The molecule has 0 unspecified atom stereocenters. The van der Waals surface area contributed by atoms with Crippen molar-refractivity contribution in [3.63, 3.8) is 0 Å². The van der Waals surface area contributed by atoms with Crippen LogP contribution in [0.5, 0.6) is 0 Å². The Labute approximate surface area is 87.2 Å². The van der Waals surface area contributed by atoms with Gasteiger partial charge in [-0.15, -0.1) is 0 Å². The summed E-state index contributed by atoms with van der Waals surface area (Å²) in [6.07, 6.45) is 8.74. The molecule has 0 amide bonds. The molecular weight excluding hydrogens is 199 g/mol. The van der Waals surface area contributed by atoms with Gasteiger partial charge in [0.25, 0.3) is 0 Å². The minimum Gasteiger partial charge on any atom is -0.0622 e. The molecule has 0 saturated heterocycles. The van der Waals surface area contributed by atoms with Crippen LogP contribution in [0.1, 0.15) is 27.7 Å². The lowest BCUT2D eigenvalue weighted by Crippen LogP contribution is -2.19. The molecule has 0 aromatic heterocycles. The van der Waals surface area contributed by atoms with Crippen molar-refractivity contribution < 1.29 is 0 Å². The molecule has 0 atom stereocenters. The highest BCUT2D eigenvalue weighted by atomic mass is 35.7. The van der Waals surface area contributed by atoms with Gasteiger partial charge in [0.15, 0.2) is 0 Å². The van der Waals surface area contributed by atoms with E-state index in [1.54, 1.807) is 0 Å². The van der Waals surface area contributed by atoms with Crippen molar-refractivity contribution in [2.45, 2.75) is 44.7 Å². The quantitative estimate of drug-likeness (QED) is 0.612. The van der Waals surface area contributed by atoms with Crippen molar-refractivity contribution in [3.05, 3.63) is 24.3 Å². The zero-order chi connectivity index (χ0) is 10.1. The third kappa shape index (κ3) is 2.00. The maximum Gasteiger partial charge on any atom is 0.129 e. The van der Waals surface area contributed by atoms with E-state index in [0.717, 1.165) is 0 Å². The highest BCUT2D eigenvalue weighted by Gasteiger charge is 2.49. The summed E-state index contributed by atoms with van der Waals surface area (Å²) in [4.78, 5) is 0. The normalized spacial score (nSPS) is 18.1. The summed E-state index contributed by atoms with van der Waals surface area (Å²) in [5.74, 6) is 0. The minimum atomic E-state index is -1.36. The Kier molecular flexibility index (Phi) is 3.60. The summed E-state index contributed by atoms with van der Waals surface area (Å²) in [6.45, 7) is 7.64. The monoisotopic (exact) mass is 217 g/mol. The summed E-state index contributed by atoms with van der Waals surface area (Å²) in [6, 6.07) is 0. The molecule has 0 aromatic carbocycles. The Morgan fingerprint density at radius 1 is 1.00 bits per heavy atom. The summed E-state index contributed by atoms with van der Waals surface area (Å²) in [7, 11) is 0. The standard InChI is InChI=1S/C11H19ClP/c1-9(2)13(12,10(3)4)11-7-5-6-8-11/h5-11H,1-4H3/q+1. The summed E-state index contributed by atoms with van der Waals surface area (Å²) in [5, 5.41) is 0. The van der Waals surface area contributed by atoms with Crippen LogP contribution in [0.15, 0.2) is 24.3 Å². The van der Waals surface area contributed by atoms with Gasteiger partial charge < -0.3 is 0 Å². The molecule has 0 saturated carbocycles. The predicted octanol–water partition coefficient (Wildman–Crippen LogP) is 4.47. The van der Waals surface area contributed by atoms with Gasteiger partial charge >= 0.3 is 0 Å². The lowest BCUT2D eigenvalue weighted by molar-refractivity contribution is 0.984. The van der Waals surface area contributed by atoms with Gasteiger partial charge in [-0.05, 0) is 39.8 Å². The number of hydrogen-bond acceptors (Lipinski definition) is 0. The van der Waals surface area contributed by atoms with Crippen molar-refractivity contribution in [1.82, 2.24) is 0 Å². The highest BCUT2D eigenvalue weighted by Crippen LogP contribution is 2.75. The molecule has 0 bridgehead atoms. The van der Waals surface area contributed by atoms with Gasteiger partial charge in [-0.1, -0.05) is 12.2 Å². The first-order valence-corrected chi connectivity index (χ1v) is 7.82. The molecule has 0 aliphatic heterocycles. The molecule has 0 spiro atoms. The van der Waals surface area contributed by atoms with E-state index in [2.05, 4.69) is 52.0 Å². The van der Waals surface area contributed by atoms with E-state index >= 15 is 0 Å². The van der Waals surface area contributed by atoms with E-state index in [-0.39, 0.29) is 0 Å². The van der Waals surface area contributed by atoms with Gasteiger partial charge in [-0.25, -0.2) is 0 Å². The van der Waals surface area contributed by atoms with Gasteiger partial charge in [0, 0.05) is 0 Å². The molecule has 1 aliphatic rings. The van der Waals surface area contributed by atoms with Crippen LogP contribution in [0.2, 0.25) is 0 Å². The SMILES string of the molecule is CC(C)[P+](Cl)(C(C)C)C1C=CC=C1. The molecule has 0 heterocycles. The van der Waals surface area contributed by atoms with Crippen LogP contribution in [0.4, 0.5) is 0 Å². The first-order valence-electron chi connectivity index (χ1n) is 4.92.